The van der Waals surface area contributed by atoms with Gasteiger partial charge in [-0.3, -0.25) is 9.59 Å². The van der Waals surface area contributed by atoms with E-state index in [1.165, 1.54) is 5.56 Å². The number of hydrogen-bond donors (Lipinski definition) is 2. The number of carbonyl (C=O) groups is 3. The zero-order valence-corrected chi connectivity index (χ0v) is 24.6. The predicted octanol–water partition coefficient (Wildman–Crippen LogP) is 4.68. The van der Waals surface area contributed by atoms with Crippen LogP contribution in [0.25, 0.3) is 0 Å². The Bertz CT molecular complexity index is 1120. The SMILES string of the molecule is CCC[C@H](NC(=O)OCc1ccccc1)[C@@H]1NC(=O)C2(CCN(CCCCc3ccccc3)CC2)N(CCC)C1=O. The Morgan fingerprint density at radius 1 is 0.951 bits per heavy atom. The number of alkyl carbamates (subject to hydrolysis) is 1. The van der Waals surface area contributed by atoms with Gasteiger partial charge in [0.05, 0.1) is 6.04 Å². The Labute approximate surface area is 244 Å². The molecule has 4 rings (SSSR count). The second kappa shape index (κ2) is 15.0. The number of nitrogens with zero attached hydrogens (tertiary/aromatic N) is 2. The van der Waals surface area contributed by atoms with Crippen molar-refractivity contribution in [3.63, 3.8) is 0 Å². The predicted molar refractivity (Wildman–Crippen MR) is 160 cm³/mol. The average molecular weight is 563 g/mol. The van der Waals surface area contributed by atoms with E-state index >= 15 is 0 Å². The highest BCUT2D eigenvalue weighted by molar-refractivity contribution is 6.00. The van der Waals surface area contributed by atoms with Gasteiger partial charge in [0.1, 0.15) is 18.2 Å². The van der Waals surface area contributed by atoms with Gasteiger partial charge in [-0.15, -0.1) is 0 Å². The van der Waals surface area contributed by atoms with Crippen LogP contribution >= 0.6 is 0 Å². The van der Waals surface area contributed by atoms with Gasteiger partial charge >= 0.3 is 6.09 Å². The van der Waals surface area contributed by atoms with Crippen LogP contribution in [-0.2, 0) is 27.4 Å². The summed E-state index contributed by atoms with van der Waals surface area (Å²) in [6.45, 7) is 7.29. The van der Waals surface area contributed by atoms with Crippen LogP contribution in [0, 0.1) is 0 Å². The molecule has 0 aromatic heterocycles. The van der Waals surface area contributed by atoms with E-state index in [1.807, 2.05) is 55.1 Å². The number of rotatable bonds is 13. The lowest BCUT2D eigenvalue weighted by molar-refractivity contribution is -0.162. The molecule has 2 heterocycles. The Morgan fingerprint density at radius 2 is 1.61 bits per heavy atom. The topological polar surface area (TPSA) is 91.0 Å². The minimum absolute atomic E-state index is 0.0974. The number of hydrogen-bond acceptors (Lipinski definition) is 5. The van der Waals surface area contributed by atoms with Crippen molar-refractivity contribution in [2.45, 2.75) is 89.4 Å². The van der Waals surface area contributed by atoms with Crippen LogP contribution in [0.1, 0.15) is 69.9 Å². The van der Waals surface area contributed by atoms with Crippen LogP contribution in [0.5, 0.6) is 0 Å². The summed E-state index contributed by atoms with van der Waals surface area (Å²) >= 11 is 0. The third kappa shape index (κ3) is 7.88. The van der Waals surface area contributed by atoms with Crippen molar-refractivity contribution >= 4 is 17.9 Å². The number of unbranched alkanes of at least 4 members (excludes halogenated alkanes) is 1. The van der Waals surface area contributed by atoms with E-state index in [2.05, 4.69) is 39.8 Å². The molecule has 2 aromatic rings. The molecule has 0 radical (unpaired) electrons. The van der Waals surface area contributed by atoms with Gasteiger partial charge in [-0.2, -0.15) is 0 Å². The summed E-state index contributed by atoms with van der Waals surface area (Å²) < 4.78 is 5.43. The minimum Gasteiger partial charge on any atom is -0.445 e. The highest BCUT2D eigenvalue weighted by atomic mass is 16.5. The van der Waals surface area contributed by atoms with Gasteiger partial charge in [-0.1, -0.05) is 80.9 Å². The third-order valence-electron chi connectivity index (χ3n) is 8.44. The Morgan fingerprint density at radius 3 is 2.24 bits per heavy atom. The lowest BCUT2D eigenvalue weighted by Crippen LogP contribution is -2.75. The molecule has 2 fully saturated rings. The number of ether oxygens (including phenoxy) is 1. The molecule has 2 aliphatic rings. The molecule has 41 heavy (non-hydrogen) atoms. The maximum Gasteiger partial charge on any atom is 0.407 e. The van der Waals surface area contributed by atoms with Crippen LogP contribution in [0.2, 0.25) is 0 Å². The molecule has 2 aromatic carbocycles. The van der Waals surface area contributed by atoms with Crippen LogP contribution in [0.4, 0.5) is 4.79 Å². The number of benzene rings is 2. The highest BCUT2D eigenvalue weighted by Gasteiger charge is 2.54. The number of amides is 3. The van der Waals surface area contributed by atoms with Gasteiger partial charge in [0.25, 0.3) is 0 Å². The first kappa shape index (κ1) is 30.6. The fraction of sp³-hybridized carbons (Fsp3) is 0.545. The second-order valence-electron chi connectivity index (χ2n) is 11.4. The van der Waals surface area contributed by atoms with Crippen LogP contribution in [0.15, 0.2) is 60.7 Å². The fourth-order valence-electron chi connectivity index (χ4n) is 6.16. The van der Waals surface area contributed by atoms with Crippen molar-refractivity contribution in [2.24, 2.45) is 0 Å². The lowest BCUT2D eigenvalue weighted by Gasteiger charge is -2.52. The zero-order chi connectivity index (χ0) is 29.1. The normalized spacial score (nSPS) is 19.6. The van der Waals surface area contributed by atoms with Gasteiger partial charge in [0.15, 0.2) is 0 Å². The van der Waals surface area contributed by atoms with Crippen molar-refractivity contribution in [1.82, 2.24) is 20.4 Å². The number of likely N-dealkylation sites (tertiary alicyclic amines) is 1. The van der Waals surface area contributed by atoms with Crippen LogP contribution in [-0.4, -0.2) is 71.5 Å². The third-order valence-corrected chi connectivity index (χ3v) is 8.44. The monoisotopic (exact) mass is 562 g/mol. The number of piperazine rings is 1. The molecule has 0 aliphatic carbocycles. The lowest BCUT2D eigenvalue weighted by atomic mass is 9.80. The first-order chi connectivity index (χ1) is 20.0. The summed E-state index contributed by atoms with van der Waals surface area (Å²) in [6.07, 6.45) is 6.06. The summed E-state index contributed by atoms with van der Waals surface area (Å²) in [7, 11) is 0. The van der Waals surface area contributed by atoms with Gasteiger partial charge in [-0.25, -0.2) is 4.79 Å². The second-order valence-corrected chi connectivity index (χ2v) is 11.4. The molecule has 2 N–H and O–H groups in total. The maximum absolute atomic E-state index is 13.9. The number of carbonyl (C=O) groups excluding carboxylic acids is 3. The fourth-order valence-corrected chi connectivity index (χ4v) is 6.16. The highest BCUT2D eigenvalue weighted by Crippen LogP contribution is 2.34. The largest absolute Gasteiger partial charge is 0.445 e. The Balaban J connectivity index is 1.34. The molecule has 0 bridgehead atoms. The summed E-state index contributed by atoms with van der Waals surface area (Å²) in [4.78, 5) is 44.6. The van der Waals surface area contributed by atoms with E-state index in [0.717, 1.165) is 57.3 Å². The van der Waals surface area contributed by atoms with Gasteiger partial charge in [0, 0.05) is 19.6 Å². The summed E-state index contributed by atoms with van der Waals surface area (Å²) in [5, 5.41) is 5.92. The molecular formula is C33H46N4O4. The van der Waals surface area contributed by atoms with Crippen molar-refractivity contribution in [1.29, 1.82) is 0 Å². The van der Waals surface area contributed by atoms with E-state index in [4.69, 9.17) is 4.74 Å². The summed E-state index contributed by atoms with van der Waals surface area (Å²) in [5.74, 6) is -0.204. The van der Waals surface area contributed by atoms with Crippen molar-refractivity contribution in [3.05, 3.63) is 71.8 Å². The number of nitrogens with one attached hydrogen (secondary N) is 2. The first-order valence-electron chi connectivity index (χ1n) is 15.3. The molecule has 3 amide bonds. The quantitative estimate of drug-likeness (QED) is 0.346. The van der Waals surface area contributed by atoms with E-state index in [0.29, 0.717) is 25.8 Å². The smallest absolute Gasteiger partial charge is 0.407 e. The molecule has 8 heteroatoms. The first-order valence-corrected chi connectivity index (χ1v) is 15.3. The standard InChI is InChI=1S/C33H46N4O4/c1-3-13-28(34-32(40)41-25-27-17-9-6-10-18-27)29-30(38)37(21-4-2)33(31(39)35-29)19-23-36(24-20-33)22-12-11-16-26-14-7-5-8-15-26/h5-10,14-15,17-18,28-29H,3-4,11-13,16,19-25H2,1-2H3,(H,34,40)(H,35,39)/t28-,29-/m0/s1. The maximum atomic E-state index is 13.9. The van der Waals surface area contributed by atoms with Crippen molar-refractivity contribution < 1.29 is 19.1 Å². The van der Waals surface area contributed by atoms with Crippen LogP contribution in [0.3, 0.4) is 0 Å². The van der Waals surface area contributed by atoms with E-state index in [1.54, 1.807) is 0 Å². The minimum atomic E-state index is -0.825. The molecule has 222 valence electrons. The Hall–Kier alpha value is -3.39. The van der Waals surface area contributed by atoms with Gasteiger partial charge < -0.3 is 25.2 Å². The summed E-state index contributed by atoms with van der Waals surface area (Å²) in [5.41, 5.74) is 1.43. The van der Waals surface area contributed by atoms with Crippen molar-refractivity contribution in [2.75, 3.05) is 26.2 Å². The molecule has 0 unspecified atom stereocenters. The van der Waals surface area contributed by atoms with Crippen molar-refractivity contribution in [3.8, 4) is 0 Å². The molecule has 2 atom stereocenters. The number of piperidine rings is 1. The Kier molecular flexibility index (Phi) is 11.2. The van der Waals surface area contributed by atoms with Gasteiger partial charge in [-0.05, 0) is 62.6 Å². The molecule has 2 saturated heterocycles. The van der Waals surface area contributed by atoms with E-state index < -0.39 is 23.7 Å². The average Bonchev–Trinajstić information content (AvgIpc) is 3.00. The molecule has 8 nitrogen and oxygen atoms in total. The summed E-state index contributed by atoms with van der Waals surface area (Å²) in [6, 6.07) is 18.7. The van der Waals surface area contributed by atoms with Crippen LogP contribution < -0.4 is 10.6 Å². The van der Waals surface area contributed by atoms with E-state index in [9.17, 15) is 14.4 Å². The molecule has 0 saturated carbocycles. The molecule has 1 spiro atoms. The van der Waals surface area contributed by atoms with E-state index in [-0.39, 0.29) is 18.4 Å². The zero-order valence-electron chi connectivity index (χ0n) is 24.6. The molecular weight excluding hydrogens is 516 g/mol. The van der Waals surface area contributed by atoms with Gasteiger partial charge in [0.2, 0.25) is 11.8 Å². The molecule has 2 aliphatic heterocycles. The number of aryl methyl sites for hydroxylation is 1.